The molecule has 0 saturated carbocycles. The highest BCUT2D eigenvalue weighted by atomic mass is 35.5. The molecule has 0 aromatic heterocycles. The highest BCUT2D eigenvalue weighted by Crippen LogP contribution is 2.19. The summed E-state index contributed by atoms with van der Waals surface area (Å²) in [7, 11) is 0. The number of aryl methyl sites for hydroxylation is 1. The molecule has 0 N–H and O–H groups in total. The number of benzene rings is 1. The largest absolute Gasteiger partial charge is 0.205 e. The molecule has 1 rings (SSSR count). The minimum absolute atomic E-state index is 0.198. The van der Waals surface area contributed by atoms with E-state index in [0.717, 1.165) is 12.8 Å². The number of unbranched alkanes of at least 4 members (excludes halogenated alkanes) is 1. The van der Waals surface area contributed by atoms with Crippen molar-refractivity contribution in [3.63, 3.8) is 0 Å². The standard InChI is InChI=1S/C10H11Cl2F/c11-7-2-1-4-8-5-3-6-9(12)10(8)13/h3,5-6H,1-2,4,7H2. The van der Waals surface area contributed by atoms with Crippen LogP contribution in [-0.4, -0.2) is 5.88 Å². The van der Waals surface area contributed by atoms with Crippen molar-refractivity contribution in [3.8, 4) is 0 Å². The van der Waals surface area contributed by atoms with E-state index in [1.807, 2.05) is 0 Å². The van der Waals surface area contributed by atoms with Crippen LogP contribution < -0.4 is 0 Å². The zero-order chi connectivity index (χ0) is 9.68. The molecule has 0 nitrogen and oxygen atoms in total. The molecule has 3 heteroatoms. The Kier molecular flexibility index (Phi) is 4.54. The van der Waals surface area contributed by atoms with E-state index in [1.54, 1.807) is 18.2 Å². The first-order valence-corrected chi connectivity index (χ1v) is 5.16. The van der Waals surface area contributed by atoms with Gasteiger partial charge in [0.15, 0.2) is 0 Å². The van der Waals surface area contributed by atoms with E-state index in [0.29, 0.717) is 17.9 Å². The number of hydrogen-bond donors (Lipinski definition) is 0. The fourth-order valence-corrected chi connectivity index (χ4v) is 1.53. The van der Waals surface area contributed by atoms with Gasteiger partial charge in [0.05, 0.1) is 5.02 Å². The van der Waals surface area contributed by atoms with Crippen LogP contribution in [0.1, 0.15) is 18.4 Å². The zero-order valence-corrected chi connectivity index (χ0v) is 8.71. The topological polar surface area (TPSA) is 0 Å². The lowest BCUT2D eigenvalue weighted by atomic mass is 10.1. The quantitative estimate of drug-likeness (QED) is 0.531. The van der Waals surface area contributed by atoms with Crippen molar-refractivity contribution in [2.45, 2.75) is 19.3 Å². The van der Waals surface area contributed by atoms with Crippen LogP contribution in [0.4, 0.5) is 4.39 Å². The molecule has 1 aromatic rings. The van der Waals surface area contributed by atoms with Gasteiger partial charge in [-0.25, -0.2) is 4.39 Å². The summed E-state index contributed by atoms with van der Waals surface area (Å²) in [5, 5.41) is 0.198. The maximum absolute atomic E-state index is 13.3. The lowest BCUT2D eigenvalue weighted by Gasteiger charge is -2.02. The van der Waals surface area contributed by atoms with Gasteiger partial charge in [-0.15, -0.1) is 11.6 Å². The Bertz CT molecular complexity index is 274. The van der Waals surface area contributed by atoms with E-state index in [4.69, 9.17) is 23.2 Å². The second kappa shape index (κ2) is 5.46. The van der Waals surface area contributed by atoms with Gasteiger partial charge in [-0.1, -0.05) is 23.7 Å². The summed E-state index contributed by atoms with van der Waals surface area (Å²) in [5.74, 6) is 0.334. The summed E-state index contributed by atoms with van der Waals surface area (Å²) in [4.78, 5) is 0. The van der Waals surface area contributed by atoms with Gasteiger partial charge in [0.1, 0.15) is 5.82 Å². The zero-order valence-electron chi connectivity index (χ0n) is 7.19. The van der Waals surface area contributed by atoms with Crippen LogP contribution in [0.5, 0.6) is 0 Å². The molecular weight excluding hydrogens is 210 g/mol. The minimum Gasteiger partial charge on any atom is -0.205 e. The van der Waals surface area contributed by atoms with Crippen molar-refractivity contribution in [1.82, 2.24) is 0 Å². The van der Waals surface area contributed by atoms with E-state index in [2.05, 4.69) is 0 Å². The van der Waals surface area contributed by atoms with E-state index in [1.165, 1.54) is 0 Å². The molecule has 0 heterocycles. The number of rotatable bonds is 4. The number of alkyl halides is 1. The molecular formula is C10H11Cl2F. The lowest BCUT2D eigenvalue weighted by Crippen LogP contribution is -1.91. The van der Waals surface area contributed by atoms with Crippen molar-refractivity contribution in [3.05, 3.63) is 34.6 Å². The second-order valence-corrected chi connectivity index (χ2v) is 3.64. The fourth-order valence-electron chi connectivity index (χ4n) is 1.15. The summed E-state index contributed by atoms with van der Waals surface area (Å²) in [5.41, 5.74) is 0.678. The van der Waals surface area contributed by atoms with Crippen LogP contribution in [0.25, 0.3) is 0 Å². The molecule has 0 aliphatic rings. The molecule has 0 saturated heterocycles. The highest BCUT2D eigenvalue weighted by molar-refractivity contribution is 6.30. The van der Waals surface area contributed by atoms with Crippen molar-refractivity contribution in [2.75, 3.05) is 5.88 Å². The molecule has 0 bridgehead atoms. The van der Waals surface area contributed by atoms with Gasteiger partial charge in [-0.05, 0) is 30.9 Å². The van der Waals surface area contributed by atoms with Gasteiger partial charge in [0, 0.05) is 5.88 Å². The van der Waals surface area contributed by atoms with Gasteiger partial charge in [0.2, 0.25) is 0 Å². The second-order valence-electron chi connectivity index (χ2n) is 2.86. The summed E-state index contributed by atoms with van der Waals surface area (Å²) in [6.45, 7) is 0. The highest BCUT2D eigenvalue weighted by Gasteiger charge is 2.04. The molecule has 0 aliphatic carbocycles. The molecule has 0 unspecified atom stereocenters. The molecule has 0 fully saturated rings. The number of hydrogen-bond acceptors (Lipinski definition) is 0. The van der Waals surface area contributed by atoms with E-state index in [9.17, 15) is 4.39 Å². The molecule has 0 amide bonds. The smallest absolute Gasteiger partial charge is 0.144 e. The maximum Gasteiger partial charge on any atom is 0.144 e. The van der Waals surface area contributed by atoms with Gasteiger partial charge < -0.3 is 0 Å². The van der Waals surface area contributed by atoms with Crippen LogP contribution in [-0.2, 0) is 6.42 Å². The number of halogens is 3. The van der Waals surface area contributed by atoms with Crippen LogP contribution in [0.2, 0.25) is 5.02 Å². The Morgan fingerprint density at radius 2 is 2.00 bits per heavy atom. The molecule has 0 atom stereocenters. The SMILES string of the molecule is Fc1c(Cl)cccc1CCCCCl. The minimum atomic E-state index is -0.293. The van der Waals surface area contributed by atoms with Gasteiger partial charge in [-0.2, -0.15) is 0 Å². The Labute approximate surface area is 87.7 Å². The summed E-state index contributed by atoms with van der Waals surface area (Å²) in [6.07, 6.45) is 2.52. The lowest BCUT2D eigenvalue weighted by molar-refractivity contribution is 0.604. The molecule has 0 aliphatic heterocycles. The van der Waals surface area contributed by atoms with Gasteiger partial charge >= 0.3 is 0 Å². The summed E-state index contributed by atoms with van der Waals surface area (Å²) in [6, 6.07) is 5.08. The van der Waals surface area contributed by atoms with Crippen molar-refractivity contribution in [1.29, 1.82) is 0 Å². The Balaban J connectivity index is 2.61. The van der Waals surface area contributed by atoms with Crippen LogP contribution in [0, 0.1) is 5.82 Å². The third-order valence-electron chi connectivity index (χ3n) is 1.86. The monoisotopic (exact) mass is 220 g/mol. The van der Waals surface area contributed by atoms with Crippen LogP contribution >= 0.6 is 23.2 Å². The first-order valence-electron chi connectivity index (χ1n) is 4.24. The van der Waals surface area contributed by atoms with Crippen LogP contribution in [0.3, 0.4) is 0 Å². The van der Waals surface area contributed by atoms with Crippen molar-refractivity contribution in [2.24, 2.45) is 0 Å². The fraction of sp³-hybridized carbons (Fsp3) is 0.400. The first kappa shape index (κ1) is 10.8. The molecule has 72 valence electrons. The maximum atomic E-state index is 13.3. The average Bonchev–Trinajstić information content (AvgIpc) is 2.13. The van der Waals surface area contributed by atoms with Crippen molar-refractivity contribution < 1.29 is 4.39 Å². The molecule has 0 radical (unpaired) electrons. The van der Waals surface area contributed by atoms with Crippen LogP contribution in [0.15, 0.2) is 18.2 Å². The summed E-state index contributed by atoms with van der Waals surface area (Å²) >= 11 is 11.1. The average molecular weight is 221 g/mol. The van der Waals surface area contributed by atoms with E-state index < -0.39 is 0 Å². The Hall–Kier alpha value is -0.270. The molecule has 13 heavy (non-hydrogen) atoms. The molecule has 1 aromatic carbocycles. The van der Waals surface area contributed by atoms with Gasteiger partial charge in [0.25, 0.3) is 0 Å². The predicted octanol–water partition coefficient (Wildman–Crippen LogP) is 4.04. The van der Waals surface area contributed by atoms with Crippen molar-refractivity contribution >= 4 is 23.2 Å². The van der Waals surface area contributed by atoms with E-state index >= 15 is 0 Å². The molecule has 0 spiro atoms. The third kappa shape index (κ3) is 3.17. The predicted molar refractivity (Wildman–Crippen MR) is 55.1 cm³/mol. The first-order chi connectivity index (χ1) is 6.25. The normalized spacial score (nSPS) is 10.4. The van der Waals surface area contributed by atoms with Gasteiger partial charge in [-0.3, -0.25) is 0 Å². The van der Waals surface area contributed by atoms with E-state index in [-0.39, 0.29) is 10.8 Å². The Morgan fingerprint density at radius 3 is 2.69 bits per heavy atom. The third-order valence-corrected chi connectivity index (χ3v) is 2.42. The Morgan fingerprint density at radius 1 is 1.23 bits per heavy atom. The summed E-state index contributed by atoms with van der Waals surface area (Å²) < 4.78 is 13.3.